The molecule has 0 aromatic heterocycles. The molecule has 1 saturated carbocycles. The number of hydrogen-bond acceptors (Lipinski definition) is 2. The fraction of sp³-hybridized carbons (Fsp3) is 1.00. The lowest BCUT2D eigenvalue weighted by Gasteiger charge is -2.48. The lowest BCUT2D eigenvalue weighted by Crippen LogP contribution is -2.64. The quantitative estimate of drug-likeness (QED) is 0.829. The van der Waals surface area contributed by atoms with Gasteiger partial charge < -0.3 is 5.32 Å². The summed E-state index contributed by atoms with van der Waals surface area (Å²) >= 11 is 0. The van der Waals surface area contributed by atoms with Crippen molar-refractivity contribution in [3.63, 3.8) is 0 Å². The lowest BCUT2D eigenvalue weighted by atomic mass is 9.89. The highest BCUT2D eigenvalue weighted by molar-refractivity contribution is 4.98. The number of rotatable bonds is 3. The molecule has 1 aliphatic carbocycles. The average Bonchev–Trinajstić information content (AvgIpc) is 2.69. The Kier molecular flexibility index (Phi) is 4.38. The van der Waals surface area contributed by atoms with Gasteiger partial charge in [0.15, 0.2) is 0 Å². The Bertz CT molecular complexity index is 274. The Labute approximate surface area is 114 Å². The van der Waals surface area contributed by atoms with E-state index in [1.165, 1.54) is 38.8 Å². The van der Waals surface area contributed by atoms with Crippen LogP contribution >= 0.6 is 0 Å². The first kappa shape index (κ1) is 14.3. The first-order valence-electron chi connectivity index (χ1n) is 7.99. The van der Waals surface area contributed by atoms with Gasteiger partial charge in [-0.2, -0.15) is 0 Å². The maximum absolute atomic E-state index is 3.71. The molecule has 0 radical (unpaired) electrons. The van der Waals surface area contributed by atoms with Crippen molar-refractivity contribution in [1.82, 2.24) is 10.2 Å². The minimum atomic E-state index is 0.287. The zero-order valence-corrected chi connectivity index (χ0v) is 13.0. The van der Waals surface area contributed by atoms with Gasteiger partial charge in [-0.3, -0.25) is 4.90 Å². The van der Waals surface area contributed by atoms with Crippen molar-refractivity contribution in [2.75, 3.05) is 13.1 Å². The number of nitrogens with one attached hydrogen (secondary N) is 1. The molecule has 2 aliphatic rings. The van der Waals surface area contributed by atoms with Crippen LogP contribution in [0, 0.1) is 11.8 Å². The van der Waals surface area contributed by atoms with Gasteiger partial charge in [0, 0.05) is 30.7 Å². The SMILES string of the molecule is CCC1CCC(N2CC(C)(C)NCC2CC)C1C. The van der Waals surface area contributed by atoms with Crippen LogP contribution in [-0.4, -0.2) is 35.6 Å². The molecule has 1 saturated heterocycles. The largest absolute Gasteiger partial charge is 0.309 e. The molecular weight excluding hydrogens is 220 g/mol. The van der Waals surface area contributed by atoms with Crippen LogP contribution in [0.15, 0.2) is 0 Å². The summed E-state index contributed by atoms with van der Waals surface area (Å²) in [5.41, 5.74) is 0.287. The maximum atomic E-state index is 3.71. The molecule has 2 fully saturated rings. The fourth-order valence-corrected chi connectivity index (χ4v) is 4.19. The summed E-state index contributed by atoms with van der Waals surface area (Å²) in [6.07, 6.45) is 5.52. The maximum Gasteiger partial charge on any atom is 0.0253 e. The predicted octanol–water partition coefficient (Wildman–Crippen LogP) is 3.27. The molecule has 0 aromatic rings. The van der Waals surface area contributed by atoms with Gasteiger partial charge >= 0.3 is 0 Å². The third kappa shape index (κ3) is 2.75. The van der Waals surface area contributed by atoms with Gasteiger partial charge in [-0.25, -0.2) is 0 Å². The summed E-state index contributed by atoms with van der Waals surface area (Å²) in [4.78, 5) is 2.84. The van der Waals surface area contributed by atoms with Crippen LogP contribution in [0.1, 0.15) is 60.3 Å². The Hall–Kier alpha value is -0.0800. The Morgan fingerprint density at radius 3 is 2.44 bits per heavy atom. The van der Waals surface area contributed by atoms with Crippen molar-refractivity contribution in [3.05, 3.63) is 0 Å². The summed E-state index contributed by atoms with van der Waals surface area (Å²) < 4.78 is 0. The third-order valence-corrected chi connectivity index (χ3v) is 5.47. The zero-order chi connectivity index (χ0) is 13.3. The van der Waals surface area contributed by atoms with Crippen molar-refractivity contribution in [2.24, 2.45) is 11.8 Å². The van der Waals surface area contributed by atoms with Crippen LogP contribution in [0.2, 0.25) is 0 Å². The Balaban J connectivity index is 2.09. The second-order valence-electron chi connectivity index (χ2n) is 7.17. The van der Waals surface area contributed by atoms with E-state index in [4.69, 9.17) is 0 Å². The van der Waals surface area contributed by atoms with Crippen LogP contribution < -0.4 is 5.32 Å². The van der Waals surface area contributed by atoms with E-state index >= 15 is 0 Å². The molecule has 4 unspecified atom stereocenters. The second-order valence-corrected chi connectivity index (χ2v) is 7.17. The van der Waals surface area contributed by atoms with E-state index in [1.807, 2.05) is 0 Å². The summed E-state index contributed by atoms with van der Waals surface area (Å²) in [5.74, 6) is 1.85. The highest BCUT2D eigenvalue weighted by Crippen LogP contribution is 2.39. The molecule has 2 heteroatoms. The summed E-state index contributed by atoms with van der Waals surface area (Å²) in [6, 6.07) is 1.59. The molecule has 0 bridgehead atoms. The van der Waals surface area contributed by atoms with E-state index < -0.39 is 0 Å². The van der Waals surface area contributed by atoms with Gasteiger partial charge in [0.2, 0.25) is 0 Å². The second kappa shape index (κ2) is 5.50. The smallest absolute Gasteiger partial charge is 0.0253 e. The highest BCUT2D eigenvalue weighted by atomic mass is 15.3. The minimum absolute atomic E-state index is 0.287. The van der Waals surface area contributed by atoms with E-state index in [0.717, 1.165) is 23.9 Å². The van der Waals surface area contributed by atoms with E-state index in [0.29, 0.717) is 0 Å². The summed E-state index contributed by atoms with van der Waals surface area (Å²) in [7, 11) is 0. The van der Waals surface area contributed by atoms with E-state index in [9.17, 15) is 0 Å². The zero-order valence-electron chi connectivity index (χ0n) is 13.0. The first-order valence-corrected chi connectivity index (χ1v) is 7.99. The molecule has 18 heavy (non-hydrogen) atoms. The lowest BCUT2D eigenvalue weighted by molar-refractivity contribution is 0.0347. The fourth-order valence-electron chi connectivity index (χ4n) is 4.19. The third-order valence-electron chi connectivity index (χ3n) is 5.47. The van der Waals surface area contributed by atoms with E-state index in [2.05, 4.69) is 44.8 Å². The van der Waals surface area contributed by atoms with Crippen molar-refractivity contribution in [2.45, 2.75) is 77.9 Å². The average molecular weight is 252 g/mol. The van der Waals surface area contributed by atoms with Crippen LogP contribution in [0.3, 0.4) is 0 Å². The molecule has 0 aromatic carbocycles. The van der Waals surface area contributed by atoms with Crippen molar-refractivity contribution >= 4 is 0 Å². The van der Waals surface area contributed by atoms with E-state index in [1.54, 1.807) is 0 Å². The van der Waals surface area contributed by atoms with Gasteiger partial charge in [0.1, 0.15) is 0 Å². The van der Waals surface area contributed by atoms with Gasteiger partial charge in [-0.1, -0.05) is 27.2 Å². The molecule has 0 amide bonds. The molecule has 1 heterocycles. The molecule has 1 N–H and O–H groups in total. The Morgan fingerprint density at radius 2 is 1.89 bits per heavy atom. The van der Waals surface area contributed by atoms with Crippen LogP contribution in [0.25, 0.3) is 0 Å². The molecule has 2 rings (SSSR count). The molecule has 1 aliphatic heterocycles. The first-order chi connectivity index (χ1) is 8.48. The molecule has 2 nitrogen and oxygen atoms in total. The van der Waals surface area contributed by atoms with Gasteiger partial charge in [0.25, 0.3) is 0 Å². The van der Waals surface area contributed by atoms with Crippen molar-refractivity contribution in [1.29, 1.82) is 0 Å². The molecule has 4 atom stereocenters. The molecule has 0 spiro atoms. The van der Waals surface area contributed by atoms with E-state index in [-0.39, 0.29) is 5.54 Å². The number of hydrogen-bond donors (Lipinski definition) is 1. The minimum Gasteiger partial charge on any atom is -0.309 e. The molecule has 106 valence electrons. The topological polar surface area (TPSA) is 15.3 Å². The van der Waals surface area contributed by atoms with Crippen LogP contribution in [-0.2, 0) is 0 Å². The van der Waals surface area contributed by atoms with Crippen molar-refractivity contribution < 1.29 is 0 Å². The van der Waals surface area contributed by atoms with Gasteiger partial charge in [-0.05, 0) is 44.9 Å². The van der Waals surface area contributed by atoms with Crippen molar-refractivity contribution in [3.8, 4) is 0 Å². The standard InChI is InChI=1S/C16H32N2/c1-6-13-8-9-15(12(13)3)18-11-16(4,5)17-10-14(18)7-2/h12-15,17H,6-11H2,1-5H3. The molecular formula is C16H32N2. The predicted molar refractivity (Wildman–Crippen MR) is 78.8 cm³/mol. The van der Waals surface area contributed by atoms with Gasteiger partial charge in [0.05, 0.1) is 0 Å². The summed E-state index contributed by atoms with van der Waals surface area (Å²) in [6.45, 7) is 14.3. The van der Waals surface area contributed by atoms with Crippen LogP contribution in [0.4, 0.5) is 0 Å². The highest BCUT2D eigenvalue weighted by Gasteiger charge is 2.41. The summed E-state index contributed by atoms with van der Waals surface area (Å²) in [5, 5.41) is 3.71. The number of nitrogens with zero attached hydrogens (tertiary/aromatic N) is 1. The van der Waals surface area contributed by atoms with Crippen LogP contribution in [0.5, 0.6) is 0 Å². The normalized spacial score (nSPS) is 41.2. The van der Waals surface area contributed by atoms with Gasteiger partial charge in [-0.15, -0.1) is 0 Å². The monoisotopic (exact) mass is 252 g/mol. The number of piperazine rings is 1. The Morgan fingerprint density at radius 1 is 1.17 bits per heavy atom.